The topological polar surface area (TPSA) is 211 Å². The molecule has 68 heavy (non-hydrogen) atoms. The number of nitriles is 1. The zero-order chi connectivity index (χ0) is 47.3. The number of carbonyl (C=O) groups is 1. The van der Waals surface area contributed by atoms with Crippen LogP contribution in [0.4, 0.5) is 10.5 Å². The minimum absolute atomic E-state index is 0.00775. The van der Waals surface area contributed by atoms with Crippen LogP contribution in [0.5, 0.6) is 5.75 Å². The highest BCUT2D eigenvalue weighted by molar-refractivity contribution is 7.90. The van der Waals surface area contributed by atoms with Gasteiger partial charge in [-0.1, -0.05) is 26.0 Å². The van der Waals surface area contributed by atoms with Crippen LogP contribution in [-0.4, -0.2) is 78.4 Å². The molecule has 18 heteroatoms. The molecule has 0 spiro atoms. The van der Waals surface area contributed by atoms with Gasteiger partial charge < -0.3 is 10.1 Å². The summed E-state index contributed by atoms with van der Waals surface area (Å²) in [6.07, 6.45) is 23.2. The Labute approximate surface area is 401 Å². The number of hydrogen-bond donors (Lipinski definition) is 3. The number of rotatable bonds is 13. The van der Waals surface area contributed by atoms with E-state index in [-0.39, 0.29) is 28.2 Å². The Morgan fingerprint density at radius 3 is 1.50 bits per heavy atom. The molecule has 364 valence electrons. The maximum absolute atomic E-state index is 13.2. The predicted octanol–water partition coefficient (Wildman–Crippen LogP) is 7.41. The number of fused-ring (bicyclic) bond motifs is 4. The number of urea groups is 1. The molecule has 2 aromatic heterocycles. The largest absolute Gasteiger partial charge is 0.387 e. The van der Waals surface area contributed by atoms with Crippen LogP contribution in [-0.2, 0) is 71.4 Å². The third-order valence-electron chi connectivity index (χ3n) is 15.5. The first-order valence-electron chi connectivity index (χ1n) is 25.3. The molecule has 4 heterocycles. The van der Waals surface area contributed by atoms with E-state index in [0.29, 0.717) is 6.04 Å². The van der Waals surface area contributed by atoms with Crippen LogP contribution < -0.4 is 19.9 Å². The number of nitrogens with zero attached hydrogens (tertiary/aromatic N) is 7. The molecular weight excluding hydrogens is 901 g/mol. The van der Waals surface area contributed by atoms with Crippen molar-refractivity contribution in [2.45, 2.75) is 176 Å². The van der Waals surface area contributed by atoms with Crippen LogP contribution in [0.3, 0.4) is 0 Å². The number of benzene rings is 2. The molecule has 2 saturated heterocycles. The van der Waals surface area contributed by atoms with Gasteiger partial charge in [-0.3, -0.25) is 19.2 Å². The normalized spacial score (nSPS) is 20.2. The van der Waals surface area contributed by atoms with Gasteiger partial charge >= 0.3 is 6.03 Å². The Kier molecular flexibility index (Phi) is 13.2. The van der Waals surface area contributed by atoms with E-state index < -0.39 is 26.1 Å². The number of amides is 2. The van der Waals surface area contributed by atoms with Crippen molar-refractivity contribution in [3.05, 3.63) is 80.2 Å². The van der Waals surface area contributed by atoms with Crippen LogP contribution in [0.25, 0.3) is 0 Å². The van der Waals surface area contributed by atoms with Crippen molar-refractivity contribution < 1.29 is 26.4 Å². The number of nitrogens with two attached hydrogens (primary N) is 1. The van der Waals surface area contributed by atoms with Crippen molar-refractivity contribution in [2.75, 3.05) is 31.5 Å². The fourth-order valence-corrected chi connectivity index (χ4v) is 12.9. The minimum atomic E-state index is -4.08. The Morgan fingerprint density at radius 2 is 1.10 bits per heavy atom. The summed E-state index contributed by atoms with van der Waals surface area (Å²) in [5.74, 6) is 0.903. The molecule has 2 atom stereocenters. The van der Waals surface area contributed by atoms with E-state index in [0.717, 1.165) is 152 Å². The summed E-state index contributed by atoms with van der Waals surface area (Å²) in [6, 6.07) is 8.32. The SMILES string of the molecule is CCC(c1cc(S(=O)(=O)NC(=O)Nc2c3c(cc4c2CCC4)CCC3)nn1C1CC1)N1CCC1.CCC(c1cc(S(N)(=O)=O)nn1C1CC1)N1CCC1.N#COc1c2c(cc3c1CCC3)CCC2. The van der Waals surface area contributed by atoms with Crippen LogP contribution in [0, 0.1) is 11.5 Å². The number of primary sulfonamides is 1. The highest BCUT2D eigenvalue weighted by atomic mass is 32.2. The number of anilines is 1. The lowest BCUT2D eigenvalue weighted by atomic mass is 9.99. The standard InChI is InChI=1S/C25H33N5O3S.C13H13NO.C12H20N4O2S/c1-2-21(29-12-5-13-29)22-15-23(27-30(22)18-10-11-18)34(32,33)28-25(31)26-24-19-8-3-6-16(19)14-17-7-4-9-20(17)24;14-8-15-13-11-5-1-3-9(11)7-10-4-2-6-12(10)13;1-2-10(15-6-3-7-15)11-8-12(19(13,17)18)14-16(11)9-4-5-9/h14-15,18,21H,2-13H2,1H3,(H2,26,28,31);7H,1-6H2;8-10H,2-7H2,1H3,(H2,13,17,18). The summed E-state index contributed by atoms with van der Waals surface area (Å²) in [5, 5.41) is 25.5. The molecule has 4 aromatic rings. The van der Waals surface area contributed by atoms with Gasteiger partial charge in [0.05, 0.1) is 35.6 Å². The van der Waals surface area contributed by atoms with E-state index in [1.54, 1.807) is 12.1 Å². The summed E-state index contributed by atoms with van der Waals surface area (Å²) in [5.41, 5.74) is 13.2. The van der Waals surface area contributed by atoms with Gasteiger partial charge in [0.1, 0.15) is 5.75 Å². The van der Waals surface area contributed by atoms with Crippen LogP contribution in [0.1, 0.15) is 171 Å². The van der Waals surface area contributed by atoms with E-state index in [4.69, 9.17) is 15.1 Å². The molecular formula is C50H66N10O6S2. The van der Waals surface area contributed by atoms with Gasteiger partial charge in [0.2, 0.25) is 0 Å². The van der Waals surface area contributed by atoms with Crippen LogP contribution in [0.15, 0.2) is 34.3 Å². The first-order valence-corrected chi connectivity index (χ1v) is 28.3. The maximum atomic E-state index is 13.2. The summed E-state index contributed by atoms with van der Waals surface area (Å²) < 4.78 is 60.7. The van der Waals surface area contributed by atoms with E-state index >= 15 is 0 Å². The molecule has 2 amide bonds. The summed E-state index contributed by atoms with van der Waals surface area (Å²) in [7, 11) is -7.80. The maximum Gasteiger partial charge on any atom is 0.333 e. The van der Waals surface area contributed by atoms with E-state index in [9.17, 15) is 21.6 Å². The zero-order valence-corrected chi connectivity index (χ0v) is 41.2. The predicted molar refractivity (Wildman–Crippen MR) is 257 cm³/mol. The molecule has 4 N–H and O–H groups in total. The molecule has 12 rings (SSSR count). The van der Waals surface area contributed by atoms with Crippen molar-refractivity contribution in [2.24, 2.45) is 5.14 Å². The molecule has 2 aromatic carbocycles. The van der Waals surface area contributed by atoms with E-state index in [2.05, 4.69) is 56.0 Å². The fourth-order valence-electron chi connectivity index (χ4n) is 11.6. The van der Waals surface area contributed by atoms with Crippen molar-refractivity contribution >= 4 is 31.8 Å². The molecule has 0 bridgehead atoms. The van der Waals surface area contributed by atoms with Gasteiger partial charge in [-0.05, 0) is 173 Å². The minimum Gasteiger partial charge on any atom is -0.387 e. The van der Waals surface area contributed by atoms with Crippen molar-refractivity contribution in [3.63, 3.8) is 0 Å². The molecule has 8 aliphatic rings. The Hall–Kier alpha value is -4.80. The van der Waals surface area contributed by atoms with Crippen molar-refractivity contribution in [1.82, 2.24) is 34.1 Å². The summed E-state index contributed by atoms with van der Waals surface area (Å²) in [4.78, 5) is 17.7. The Balaban J connectivity index is 0.000000133. The lowest BCUT2D eigenvalue weighted by Crippen LogP contribution is -2.40. The van der Waals surface area contributed by atoms with Gasteiger partial charge in [0, 0.05) is 44.0 Å². The summed E-state index contributed by atoms with van der Waals surface area (Å²) in [6.45, 7) is 8.48. The number of nitrogens with one attached hydrogen (secondary N) is 2. The van der Waals surface area contributed by atoms with Gasteiger partial charge in [-0.2, -0.15) is 18.6 Å². The van der Waals surface area contributed by atoms with Gasteiger partial charge in [-0.15, -0.1) is 5.26 Å². The number of sulfonamides is 2. The number of likely N-dealkylation sites (tertiary alicyclic amines) is 2. The quantitative estimate of drug-likeness (QED) is 0.112. The van der Waals surface area contributed by atoms with Crippen molar-refractivity contribution in [1.29, 1.82) is 5.26 Å². The fraction of sp³-hybridized carbons (Fsp3) is 0.600. The molecule has 2 aliphatic heterocycles. The second-order valence-corrected chi connectivity index (χ2v) is 23.2. The van der Waals surface area contributed by atoms with Crippen molar-refractivity contribution in [3.8, 4) is 12.0 Å². The van der Waals surface area contributed by atoms with Gasteiger partial charge in [0.15, 0.2) is 10.1 Å². The highest BCUT2D eigenvalue weighted by Gasteiger charge is 2.37. The average molecular weight is 967 g/mol. The van der Waals surface area contributed by atoms with Gasteiger partial charge in [0.25, 0.3) is 26.3 Å². The number of hydrogen-bond acceptors (Lipinski definition) is 11. The summed E-state index contributed by atoms with van der Waals surface area (Å²) >= 11 is 0. The molecule has 6 aliphatic carbocycles. The molecule has 2 saturated carbocycles. The number of aromatic nitrogens is 4. The molecule has 0 radical (unpaired) electrons. The van der Waals surface area contributed by atoms with E-state index in [1.165, 1.54) is 70.2 Å². The van der Waals surface area contributed by atoms with Gasteiger partial charge in [-0.25, -0.2) is 23.1 Å². The molecule has 16 nitrogen and oxygen atoms in total. The average Bonchev–Trinajstić information content (AvgIpc) is 3.77. The van der Waals surface area contributed by atoms with Crippen LogP contribution in [0.2, 0.25) is 0 Å². The van der Waals surface area contributed by atoms with Crippen LogP contribution >= 0.6 is 0 Å². The molecule has 2 unspecified atom stereocenters. The lowest BCUT2D eigenvalue weighted by Gasteiger charge is -2.38. The van der Waals surface area contributed by atoms with E-state index in [1.807, 2.05) is 15.6 Å². The molecule has 4 fully saturated rings. The smallest absolute Gasteiger partial charge is 0.333 e. The lowest BCUT2D eigenvalue weighted by molar-refractivity contribution is 0.108. The second kappa shape index (κ2) is 19.2. The third-order valence-corrected chi connectivity index (χ3v) is 17.4. The highest BCUT2D eigenvalue weighted by Crippen LogP contribution is 2.43. The third kappa shape index (κ3) is 9.45. The Morgan fingerprint density at radius 1 is 0.676 bits per heavy atom. The Bertz CT molecular complexity index is 2790. The zero-order valence-electron chi connectivity index (χ0n) is 39.6. The first kappa shape index (κ1) is 46.9. The second-order valence-electron chi connectivity index (χ2n) is 20.0. The number of ether oxygens (including phenoxy) is 1. The monoisotopic (exact) mass is 966 g/mol. The number of carbonyl (C=O) groups excluding carboxylic acids is 1. The number of aryl methyl sites for hydroxylation is 4. The first-order chi connectivity index (χ1) is 32.8.